The van der Waals surface area contributed by atoms with Crippen LogP contribution < -0.4 is 0 Å². The molecule has 2 aromatic rings. The molecular formula is C15H18ClN3O2. The van der Waals surface area contributed by atoms with Crippen LogP contribution in [0.25, 0.3) is 11.3 Å². The molecule has 0 saturated heterocycles. The Hall–Kier alpha value is -1.97. The van der Waals surface area contributed by atoms with Crippen LogP contribution in [-0.2, 0) is 29.0 Å². The van der Waals surface area contributed by atoms with Crippen LogP contribution in [0.15, 0.2) is 18.3 Å². The van der Waals surface area contributed by atoms with E-state index in [1.807, 2.05) is 16.9 Å². The minimum atomic E-state index is 0.250. The van der Waals surface area contributed by atoms with Gasteiger partial charge in [-0.25, -0.2) is 4.98 Å². The van der Waals surface area contributed by atoms with Crippen LogP contribution in [0, 0.1) is 0 Å². The van der Waals surface area contributed by atoms with Gasteiger partial charge in [-0.05, 0) is 37.5 Å². The maximum Gasteiger partial charge on any atom is 0.373 e. The Morgan fingerprint density at radius 2 is 1.86 bits per heavy atom. The average molecular weight is 308 g/mol. The highest BCUT2D eigenvalue weighted by atomic mass is 35.5. The fourth-order valence-corrected chi connectivity index (χ4v) is 2.27. The largest absolute Gasteiger partial charge is 0.373 e. The molecule has 112 valence electrons. The molecule has 0 atom stereocenters. The molecule has 2 heterocycles. The molecule has 0 spiro atoms. The quantitative estimate of drug-likeness (QED) is 0.814. The normalized spacial score (nSPS) is 9.71. The summed E-state index contributed by atoms with van der Waals surface area (Å²) < 4.78 is 2.03. The molecule has 2 rings (SSSR count). The highest BCUT2D eigenvalue weighted by molar-refractivity contribution is 6.29. The van der Waals surface area contributed by atoms with Crippen LogP contribution in [0.5, 0.6) is 0 Å². The molecule has 6 heteroatoms. The molecule has 5 nitrogen and oxygen atoms in total. The van der Waals surface area contributed by atoms with E-state index in [0.717, 1.165) is 36.3 Å². The third kappa shape index (κ3) is 4.25. The van der Waals surface area contributed by atoms with E-state index >= 15 is 0 Å². The SMILES string of the molecule is CCc1cc(-c2cnc(Cl)cc2CC)n(CC)n1.O=C=O. The lowest BCUT2D eigenvalue weighted by atomic mass is 10.0. The van der Waals surface area contributed by atoms with Gasteiger partial charge in [0.05, 0.1) is 11.4 Å². The molecule has 0 aliphatic carbocycles. The van der Waals surface area contributed by atoms with E-state index in [4.69, 9.17) is 21.2 Å². The van der Waals surface area contributed by atoms with Crippen molar-refractivity contribution in [2.24, 2.45) is 0 Å². The van der Waals surface area contributed by atoms with Crippen LogP contribution in [0.4, 0.5) is 0 Å². The molecule has 0 aliphatic heterocycles. The summed E-state index contributed by atoms with van der Waals surface area (Å²) in [4.78, 5) is 20.4. The van der Waals surface area contributed by atoms with Crippen LogP contribution >= 0.6 is 11.6 Å². The van der Waals surface area contributed by atoms with Crippen LogP contribution in [0.3, 0.4) is 0 Å². The summed E-state index contributed by atoms with van der Waals surface area (Å²) in [5.41, 5.74) is 4.60. The summed E-state index contributed by atoms with van der Waals surface area (Å²) in [6.45, 7) is 7.21. The van der Waals surface area contributed by atoms with E-state index in [2.05, 4.69) is 36.9 Å². The van der Waals surface area contributed by atoms with Crippen molar-refractivity contribution >= 4 is 17.8 Å². The molecule has 0 saturated carbocycles. The number of hydrogen-bond donors (Lipinski definition) is 0. The average Bonchev–Trinajstić information content (AvgIpc) is 2.91. The van der Waals surface area contributed by atoms with Crippen molar-refractivity contribution in [3.63, 3.8) is 0 Å². The molecular weight excluding hydrogens is 290 g/mol. The Kier molecular flexibility index (Phi) is 6.79. The molecule has 21 heavy (non-hydrogen) atoms. The Bertz CT molecular complexity index is 632. The van der Waals surface area contributed by atoms with Gasteiger partial charge in [-0.3, -0.25) is 4.68 Å². The number of halogens is 1. The van der Waals surface area contributed by atoms with E-state index in [1.165, 1.54) is 5.56 Å². The second-order valence-electron chi connectivity index (χ2n) is 4.29. The van der Waals surface area contributed by atoms with Gasteiger partial charge in [0, 0.05) is 18.3 Å². The van der Waals surface area contributed by atoms with E-state index in [-0.39, 0.29) is 6.15 Å². The second kappa shape index (κ2) is 8.35. The number of aryl methyl sites for hydroxylation is 3. The van der Waals surface area contributed by atoms with E-state index in [9.17, 15) is 0 Å². The highest BCUT2D eigenvalue weighted by Crippen LogP contribution is 2.26. The molecule has 2 aromatic heterocycles. The van der Waals surface area contributed by atoms with Crippen molar-refractivity contribution in [1.82, 2.24) is 14.8 Å². The van der Waals surface area contributed by atoms with Crippen LogP contribution in [0.2, 0.25) is 5.15 Å². The number of rotatable bonds is 4. The fourth-order valence-electron chi connectivity index (χ4n) is 2.09. The molecule has 0 aliphatic rings. The zero-order valence-electron chi connectivity index (χ0n) is 12.4. The van der Waals surface area contributed by atoms with Crippen molar-refractivity contribution in [2.75, 3.05) is 0 Å². The summed E-state index contributed by atoms with van der Waals surface area (Å²) in [6, 6.07) is 4.09. The molecule has 0 unspecified atom stereocenters. The topological polar surface area (TPSA) is 64.8 Å². The van der Waals surface area contributed by atoms with Gasteiger partial charge in [-0.15, -0.1) is 0 Å². The summed E-state index contributed by atoms with van der Waals surface area (Å²) in [6.07, 6.45) is 3.99. The van der Waals surface area contributed by atoms with Gasteiger partial charge < -0.3 is 0 Å². The molecule has 0 aromatic carbocycles. The Balaban J connectivity index is 0.000000677. The van der Waals surface area contributed by atoms with E-state index < -0.39 is 0 Å². The van der Waals surface area contributed by atoms with Gasteiger partial charge in [0.15, 0.2) is 0 Å². The maximum atomic E-state index is 8.12. The van der Waals surface area contributed by atoms with Crippen molar-refractivity contribution in [1.29, 1.82) is 0 Å². The van der Waals surface area contributed by atoms with Gasteiger partial charge in [0.25, 0.3) is 0 Å². The third-order valence-electron chi connectivity index (χ3n) is 3.11. The Morgan fingerprint density at radius 3 is 2.38 bits per heavy atom. The lowest BCUT2D eigenvalue weighted by molar-refractivity contribution is -0.191. The number of hydrogen-bond acceptors (Lipinski definition) is 4. The summed E-state index contributed by atoms with van der Waals surface area (Å²) in [5, 5.41) is 5.13. The zero-order chi connectivity index (χ0) is 15.8. The predicted octanol–water partition coefficient (Wildman–Crippen LogP) is 3.16. The summed E-state index contributed by atoms with van der Waals surface area (Å²) in [5.74, 6) is 0. The summed E-state index contributed by atoms with van der Waals surface area (Å²) in [7, 11) is 0. The van der Waals surface area contributed by atoms with Crippen molar-refractivity contribution in [2.45, 2.75) is 40.2 Å². The molecule has 0 N–H and O–H groups in total. The lowest BCUT2D eigenvalue weighted by Crippen LogP contribution is -2.01. The monoisotopic (exact) mass is 307 g/mol. The van der Waals surface area contributed by atoms with Crippen LogP contribution in [-0.4, -0.2) is 20.9 Å². The third-order valence-corrected chi connectivity index (χ3v) is 3.31. The fraction of sp³-hybridized carbons (Fsp3) is 0.400. The number of nitrogens with zero attached hydrogens (tertiary/aromatic N) is 3. The molecule has 0 amide bonds. The minimum Gasteiger partial charge on any atom is -0.265 e. The first-order chi connectivity index (χ1) is 10.1. The number of pyridine rings is 1. The Labute approximate surface area is 129 Å². The maximum absolute atomic E-state index is 8.12. The number of carbonyl (C=O) groups excluding carboxylic acids is 2. The van der Waals surface area contributed by atoms with Crippen molar-refractivity contribution in [3.05, 3.63) is 34.7 Å². The van der Waals surface area contributed by atoms with Gasteiger partial charge in [0.1, 0.15) is 5.15 Å². The van der Waals surface area contributed by atoms with Gasteiger partial charge >= 0.3 is 6.15 Å². The molecule has 0 bridgehead atoms. The van der Waals surface area contributed by atoms with E-state index in [0.29, 0.717) is 5.15 Å². The predicted molar refractivity (Wildman–Crippen MR) is 79.9 cm³/mol. The first kappa shape index (κ1) is 17.1. The van der Waals surface area contributed by atoms with Crippen LogP contribution in [0.1, 0.15) is 32.0 Å². The van der Waals surface area contributed by atoms with Crippen molar-refractivity contribution < 1.29 is 9.59 Å². The van der Waals surface area contributed by atoms with Gasteiger partial charge in [0.2, 0.25) is 0 Å². The highest BCUT2D eigenvalue weighted by Gasteiger charge is 2.12. The minimum absolute atomic E-state index is 0.250. The lowest BCUT2D eigenvalue weighted by Gasteiger charge is -2.09. The summed E-state index contributed by atoms with van der Waals surface area (Å²) >= 11 is 5.96. The van der Waals surface area contributed by atoms with Gasteiger partial charge in [-0.1, -0.05) is 25.4 Å². The first-order valence-corrected chi connectivity index (χ1v) is 7.19. The standard InChI is InChI=1S/C14H18ClN3.CO2/c1-4-10-7-14(15)16-9-12(10)13-8-11(5-2)17-18(13)6-3;2-1-3/h7-9H,4-6H2,1-3H3;. The van der Waals surface area contributed by atoms with E-state index in [1.54, 1.807) is 0 Å². The molecule has 0 fully saturated rings. The first-order valence-electron chi connectivity index (χ1n) is 6.81. The second-order valence-corrected chi connectivity index (χ2v) is 4.68. The Morgan fingerprint density at radius 1 is 1.19 bits per heavy atom. The number of aromatic nitrogens is 3. The smallest absolute Gasteiger partial charge is 0.265 e. The van der Waals surface area contributed by atoms with Gasteiger partial charge in [-0.2, -0.15) is 14.7 Å². The molecule has 0 radical (unpaired) electrons. The van der Waals surface area contributed by atoms with Crippen molar-refractivity contribution in [3.8, 4) is 11.3 Å². The zero-order valence-corrected chi connectivity index (χ0v) is 13.1.